The zero-order valence-electron chi connectivity index (χ0n) is 15.4. The van der Waals surface area contributed by atoms with Gasteiger partial charge in [-0.1, -0.05) is 16.8 Å². The lowest BCUT2D eigenvalue weighted by molar-refractivity contribution is 0.0490. The Balaban J connectivity index is 1.47. The van der Waals surface area contributed by atoms with E-state index in [1.54, 1.807) is 4.90 Å². The zero-order valence-corrected chi connectivity index (χ0v) is 16.2. The SMILES string of the molecule is NC(=NOC(=O)c1cc(Cl)c[nH]1)[C@H]1CC[C@@H]2CCc3cc(F)ncc3C(=O)N2C1. The van der Waals surface area contributed by atoms with Crippen molar-refractivity contribution in [3.63, 3.8) is 0 Å². The van der Waals surface area contributed by atoms with Crippen molar-refractivity contribution in [1.29, 1.82) is 0 Å². The Morgan fingerprint density at radius 1 is 1.38 bits per heavy atom. The van der Waals surface area contributed by atoms with Gasteiger partial charge in [-0.3, -0.25) is 4.79 Å². The van der Waals surface area contributed by atoms with Gasteiger partial charge in [0.15, 0.2) is 0 Å². The van der Waals surface area contributed by atoms with E-state index in [2.05, 4.69) is 15.1 Å². The highest BCUT2D eigenvalue weighted by Gasteiger charge is 2.36. The molecule has 0 spiro atoms. The normalized spacial score (nSPS) is 21.9. The number of amides is 1. The number of H-pyrrole nitrogens is 1. The van der Waals surface area contributed by atoms with Crippen LogP contribution >= 0.6 is 11.6 Å². The molecule has 0 aliphatic carbocycles. The average Bonchev–Trinajstić information content (AvgIpc) is 3.10. The largest absolute Gasteiger partial charge is 0.384 e. The van der Waals surface area contributed by atoms with Crippen molar-refractivity contribution >= 4 is 29.3 Å². The number of fused-ring (bicyclic) bond motifs is 2. The van der Waals surface area contributed by atoms with Gasteiger partial charge >= 0.3 is 5.97 Å². The van der Waals surface area contributed by atoms with Crippen molar-refractivity contribution in [2.45, 2.75) is 31.7 Å². The molecule has 0 unspecified atom stereocenters. The Morgan fingerprint density at radius 2 is 2.21 bits per heavy atom. The van der Waals surface area contributed by atoms with Crippen molar-refractivity contribution < 1.29 is 18.8 Å². The van der Waals surface area contributed by atoms with Gasteiger partial charge in [0, 0.05) is 30.9 Å². The van der Waals surface area contributed by atoms with Crippen LogP contribution in [0.25, 0.3) is 0 Å². The van der Waals surface area contributed by atoms with Gasteiger partial charge in [-0.05, 0) is 43.4 Å². The third-order valence-electron chi connectivity index (χ3n) is 5.42. The Hall–Kier alpha value is -2.94. The minimum absolute atomic E-state index is 0.0469. The zero-order chi connectivity index (χ0) is 20.5. The number of nitrogens with zero attached hydrogens (tertiary/aromatic N) is 3. The molecule has 4 rings (SSSR count). The number of halogens is 2. The molecule has 4 heterocycles. The summed E-state index contributed by atoms with van der Waals surface area (Å²) in [7, 11) is 0. The van der Waals surface area contributed by atoms with Crippen LogP contribution in [0.4, 0.5) is 4.39 Å². The van der Waals surface area contributed by atoms with Crippen LogP contribution in [0.5, 0.6) is 0 Å². The molecule has 2 aromatic heterocycles. The van der Waals surface area contributed by atoms with Gasteiger partial charge < -0.3 is 20.5 Å². The van der Waals surface area contributed by atoms with Crippen molar-refractivity contribution in [3.05, 3.63) is 52.3 Å². The highest BCUT2D eigenvalue weighted by molar-refractivity contribution is 6.30. The summed E-state index contributed by atoms with van der Waals surface area (Å²) < 4.78 is 13.4. The number of piperidine rings is 1. The molecule has 3 N–H and O–H groups in total. The summed E-state index contributed by atoms with van der Waals surface area (Å²) in [6, 6.07) is 2.79. The van der Waals surface area contributed by atoms with Crippen molar-refractivity contribution in [1.82, 2.24) is 14.9 Å². The fourth-order valence-corrected chi connectivity index (χ4v) is 4.03. The highest BCUT2D eigenvalue weighted by Crippen LogP contribution is 2.31. The molecule has 2 atom stereocenters. The number of aromatic amines is 1. The Kier molecular flexibility index (Phi) is 5.23. The maximum Gasteiger partial charge on any atom is 0.381 e. The molecule has 1 fully saturated rings. The van der Waals surface area contributed by atoms with Crippen LogP contribution in [-0.2, 0) is 11.3 Å². The van der Waals surface area contributed by atoms with Gasteiger partial charge in [0.05, 0.1) is 10.6 Å². The smallest absolute Gasteiger partial charge is 0.381 e. The first-order valence-corrected chi connectivity index (χ1v) is 9.64. The van der Waals surface area contributed by atoms with Crippen LogP contribution in [0.2, 0.25) is 5.02 Å². The molecule has 1 amide bonds. The van der Waals surface area contributed by atoms with Crippen LogP contribution in [-0.4, -0.2) is 45.2 Å². The minimum atomic E-state index is -0.707. The van der Waals surface area contributed by atoms with E-state index in [1.165, 1.54) is 24.5 Å². The molecule has 0 bridgehead atoms. The third kappa shape index (κ3) is 3.95. The molecule has 10 heteroatoms. The quantitative estimate of drug-likeness (QED) is 0.261. The Morgan fingerprint density at radius 3 is 2.97 bits per heavy atom. The number of rotatable bonds is 3. The summed E-state index contributed by atoms with van der Waals surface area (Å²) in [6.45, 7) is 0.349. The first-order chi connectivity index (χ1) is 13.9. The Bertz CT molecular complexity index is 992. The number of carbonyl (C=O) groups is 2. The van der Waals surface area contributed by atoms with Gasteiger partial charge in [-0.25, -0.2) is 9.78 Å². The second-order valence-corrected chi connectivity index (χ2v) is 7.65. The molecular weight excluding hydrogens is 401 g/mol. The van der Waals surface area contributed by atoms with E-state index in [0.717, 1.165) is 12.8 Å². The summed E-state index contributed by atoms with van der Waals surface area (Å²) in [4.78, 5) is 37.9. The standard InChI is InChI=1S/C19H19ClFN5O3/c20-12-6-15(23-7-12)19(28)29-25-17(22)11-2-4-13-3-1-10-5-16(21)24-8-14(10)18(27)26(13)9-11/h5-8,11,13,23H,1-4,9H2,(H2,22,25)/t11-,13-/m0/s1. The maximum atomic E-state index is 13.4. The molecule has 0 saturated carbocycles. The fourth-order valence-electron chi connectivity index (χ4n) is 3.87. The fraction of sp³-hybridized carbons (Fsp3) is 0.368. The second kappa shape index (κ2) is 7.82. The molecule has 0 aromatic carbocycles. The van der Waals surface area contributed by atoms with Crippen LogP contribution < -0.4 is 5.73 Å². The lowest BCUT2D eigenvalue weighted by atomic mass is 9.90. The minimum Gasteiger partial charge on any atom is -0.384 e. The number of aromatic nitrogens is 2. The lowest BCUT2D eigenvalue weighted by Crippen LogP contribution is -2.49. The highest BCUT2D eigenvalue weighted by atomic mass is 35.5. The van der Waals surface area contributed by atoms with Crippen molar-refractivity contribution in [2.75, 3.05) is 6.54 Å². The first kappa shape index (κ1) is 19.4. The summed E-state index contributed by atoms with van der Waals surface area (Å²) in [6.07, 6.45) is 5.55. The number of aryl methyl sites for hydroxylation is 1. The number of hydrogen-bond acceptors (Lipinski definition) is 5. The summed E-state index contributed by atoms with van der Waals surface area (Å²) >= 11 is 5.76. The summed E-state index contributed by atoms with van der Waals surface area (Å²) in [5, 5.41) is 4.13. The molecule has 2 aliphatic rings. The topological polar surface area (TPSA) is 114 Å². The van der Waals surface area contributed by atoms with Gasteiger partial charge in [0.2, 0.25) is 5.95 Å². The number of nitrogens with two attached hydrogens (primary N) is 1. The molecular formula is C19H19ClFN5O3. The van der Waals surface area contributed by atoms with E-state index in [9.17, 15) is 14.0 Å². The van der Waals surface area contributed by atoms with Gasteiger partial charge in [-0.2, -0.15) is 4.39 Å². The number of amidine groups is 1. The number of hydrogen-bond donors (Lipinski definition) is 2. The van der Waals surface area contributed by atoms with Crippen molar-refractivity contribution in [2.24, 2.45) is 16.8 Å². The number of nitrogens with one attached hydrogen (secondary N) is 1. The summed E-state index contributed by atoms with van der Waals surface area (Å²) in [5.74, 6) is -1.59. The number of carbonyl (C=O) groups excluding carboxylic acids is 2. The number of pyridine rings is 1. The van der Waals surface area contributed by atoms with E-state index in [4.69, 9.17) is 22.2 Å². The predicted molar refractivity (Wildman–Crippen MR) is 103 cm³/mol. The van der Waals surface area contributed by atoms with Gasteiger partial charge in [-0.15, -0.1) is 0 Å². The molecule has 8 nitrogen and oxygen atoms in total. The average molecular weight is 420 g/mol. The lowest BCUT2D eigenvalue weighted by Gasteiger charge is -2.38. The second-order valence-electron chi connectivity index (χ2n) is 7.21. The molecule has 2 aliphatic heterocycles. The monoisotopic (exact) mass is 419 g/mol. The summed E-state index contributed by atoms with van der Waals surface area (Å²) in [5.41, 5.74) is 7.29. The van der Waals surface area contributed by atoms with Crippen molar-refractivity contribution in [3.8, 4) is 0 Å². The molecule has 29 heavy (non-hydrogen) atoms. The molecule has 0 radical (unpaired) electrons. The predicted octanol–water partition coefficient (Wildman–Crippen LogP) is 2.50. The Labute approximate surface area is 170 Å². The first-order valence-electron chi connectivity index (χ1n) is 9.26. The van der Waals surface area contributed by atoms with E-state index in [-0.39, 0.29) is 29.4 Å². The van der Waals surface area contributed by atoms with E-state index in [0.29, 0.717) is 35.5 Å². The van der Waals surface area contributed by atoms with Crippen LogP contribution in [0.1, 0.15) is 45.7 Å². The molecule has 1 saturated heterocycles. The molecule has 2 aromatic rings. The van der Waals surface area contributed by atoms with E-state index in [1.807, 2.05) is 0 Å². The number of oxime groups is 1. The third-order valence-corrected chi connectivity index (χ3v) is 5.64. The van der Waals surface area contributed by atoms with Gasteiger partial charge in [0.25, 0.3) is 5.91 Å². The van der Waals surface area contributed by atoms with E-state index < -0.39 is 11.9 Å². The maximum absolute atomic E-state index is 13.4. The van der Waals surface area contributed by atoms with E-state index >= 15 is 0 Å². The van der Waals surface area contributed by atoms with Crippen LogP contribution in [0, 0.1) is 11.9 Å². The van der Waals surface area contributed by atoms with Gasteiger partial charge in [0.1, 0.15) is 11.5 Å². The van der Waals surface area contributed by atoms with Crippen LogP contribution in [0.15, 0.2) is 29.7 Å². The van der Waals surface area contributed by atoms with Crippen LogP contribution in [0.3, 0.4) is 0 Å². The molecule has 152 valence electrons.